The summed E-state index contributed by atoms with van der Waals surface area (Å²) in [7, 11) is 1.52. The summed E-state index contributed by atoms with van der Waals surface area (Å²) in [6, 6.07) is 9.72. The normalized spacial score (nSPS) is 34.8. The Morgan fingerprint density at radius 3 is 2.76 bits per heavy atom. The van der Waals surface area contributed by atoms with Crippen LogP contribution in [0.25, 0.3) is 0 Å². The fourth-order valence-corrected chi connectivity index (χ4v) is 4.08. The Hall–Kier alpha value is -1.63. The lowest BCUT2D eigenvalue weighted by molar-refractivity contribution is -0.249. The zero-order valence-corrected chi connectivity index (χ0v) is 14.8. The Morgan fingerprint density at radius 1 is 1.32 bits per heavy atom. The van der Waals surface area contributed by atoms with Gasteiger partial charge in [-0.05, 0) is 37.7 Å². The van der Waals surface area contributed by atoms with Crippen LogP contribution in [0, 0.1) is 5.92 Å². The van der Waals surface area contributed by atoms with E-state index in [0.29, 0.717) is 5.92 Å². The van der Waals surface area contributed by atoms with Crippen LogP contribution >= 0.6 is 0 Å². The number of hydrogen-bond acceptors (Lipinski definition) is 5. The van der Waals surface area contributed by atoms with E-state index in [4.69, 9.17) is 14.2 Å². The van der Waals surface area contributed by atoms with Crippen molar-refractivity contribution in [2.24, 2.45) is 5.92 Å². The van der Waals surface area contributed by atoms with Crippen molar-refractivity contribution in [2.75, 3.05) is 13.7 Å². The van der Waals surface area contributed by atoms with Crippen LogP contribution in [0.4, 0.5) is 4.79 Å². The van der Waals surface area contributed by atoms with Gasteiger partial charge in [-0.25, -0.2) is 4.79 Å². The number of aliphatic hydroxyl groups is 1. The zero-order chi connectivity index (χ0) is 17.8. The van der Waals surface area contributed by atoms with Gasteiger partial charge in [-0.15, -0.1) is 0 Å². The van der Waals surface area contributed by atoms with E-state index in [-0.39, 0.29) is 18.6 Å². The van der Waals surface area contributed by atoms with Crippen molar-refractivity contribution in [1.82, 2.24) is 5.32 Å². The number of amides is 1. The van der Waals surface area contributed by atoms with Gasteiger partial charge in [0.2, 0.25) is 0 Å². The summed E-state index contributed by atoms with van der Waals surface area (Å²) in [6.07, 6.45) is 0.685. The second-order valence-corrected chi connectivity index (χ2v) is 6.74. The molecule has 0 aromatic heterocycles. The lowest BCUT2D eigenvalue weighted by atomic mass is 9.71. The third kappa shape index (κ3) is 3.97. The first-order valence-electron chi connectivity index (χ1n) is 8.98. The Balaban J connectivity index is 1.72. The average molecular weight is 349 g/mol. The topological polar surface area (TPSA) is 77.0 Å². The second-order valence-electron chi connectivity index (χ2n) is 6.74. The van der Waals surface area contributed by atoms with Gasteiger partial charge in [-0.2, -0.15) is 0 Å². The van der Waals surface area contributed by atoms with Crippen LogP contribution in [0.5, 0.6) is 0 Å². The van der Waals surface area contributed by atoms with Crippen molar-refractivity contribution in [3.05, 3.63) is 35.9 Å². The van der Waals surface area contributed by atoms with Crippen molar-refractivity contribution in [3.8, 4) is 0 Å². The van der Waals surface area contributed by atoms with Gasteiger partial charge < -0.3 is 24.6 Å². The third-order valence-electron chi connectivity index (χ3n) is 5.31. The number of benzene rings is 1. The van der Waals surface area contributed by atoms with Gasteiger partial charge in [0, 0.05) is 13.0 Å². The summed E-state index contributed by atoms with van der Waals surface area (Å²) in [5.74, 6) is 0.348. The van der Waals surface area contributed by atoms with Gasteiger partial charge in [-0.3, -0.25) is 0 Å². The number of carbonyl (C=O) groups excluding carboxylic acids is 1. The van der Waals surface area contributed by atoms with Crippen LogP contribution in [0.3, 0.4) is 0 Å². The molecule has 1 aliphatic carbocycles. The first kappa shape index (κ1) is 18.2. The molecule has 1 saturated carbocycles. The predicted octanol–water partition coefficient (Wildman–Crippen LogP) is 2.42. The quantitative estimate of drug-likeness (QED) is 0.873. The number of rotatable bonds is 4. The summed E-state index contributed by atoms with van der Waals surface area (Å²) in [5.41, 5.74) is 1.29. The summed E-state index contributed by atoms with van der Waals surface area (Å²) < 4.78 is 16.3. The summed E-state index contributed by atoms with van der Waals surface area (Å²) >= 11 is 0. The Labute approximate surface area is 148 Å². The Bertz CT molecular complexity index is 566. The predicted molar refractivity (Wildman–Crippen MR) is 92.1 cm³/mol. The fourth-order valence-electron chi connectivity index (χ4n) is 4.08. The lowest BCUT2D eigenvalue weighted by Crippen LogP contribution is -2.62. The van der Waals surface area contributed by atoms with E-state index in [9.17, 15) is 9.90 Å². The van der Waals surface area contributed by atoms with Gasteiger partial charge in [0.05, 0.1) is 18.8 Å². The van der Waals surface area contributed by atoms with Gasteiger partial charge in [0.1, 0.15) is 6.04 Å². The lowest BCUT2D eigenvalue weighted by Gasteiger charge is -2.48. The van der Waals surface area contributed by atoms with E-state index in [1.54, 1.807) is 6.92 Å². The molecule has 1 amide bonds. The van der Waals surface area contributed by atoms with Crippen molar-refractivity contribution in [2.45, 2.75) is 56.6 Å². The van der Waals surface area contributed by atoms with E-state index in [0.717, 1.165) is 19.3 Å². The summed E-state index contributed by atoms with van der Waals surface area (Å²) in [6.45, 7) is 2.01. The third-order valence-corrected chi connectivity index (χ3v) is 5.31. The van der Waals surface area contributed by atoms with E-state index in [1.807, 2.05) is 18.2 Å². The number of methoxy groups -OCH3 is 1. The maximum Gasteiger partial charge on any atom is 0.407 e. The number of aliphatic hydroxyl groups excluding tert-OH is 1. The molecule has 1 aliphatic heterocycles. The first-order valence-corrected chi connectivity index (χ1v) is 8.98. The maximum absolute atomic E-state index is 11.8. The van der Waals surface area contributed by atoms with Crippen LogP contribution in [-0.4, -0.2) is 49.5 Å². The van der Waals surface area contributed by atoms with Gasteiger partial charge in [-0.1, -0.05) is 30.3 Å². The molecule has 1 aromatic carbocycles. The van der Waals surface area contributed by atoms with Crippen molar-refractivity contribution in [3.63, 3.8) is 0 Å². The molecule has 2 aliphatic rings. The Kier molecular flexibility index (Phi) is 5.93. The molecule has 25 heavy (non-hydrogen) atoms. The molecule has 0 spiro atoms. The highest BCUT2D eigenvalue weighted by Crippen LogP contribution is 2.43. The average Bonchev–Trinajstić information content (AvgIpc) is 2.64. The number of fused-ring (bicyclic) bond motifs is 1. The highest BCUT2D eigenvalue weighted by molar-refractivity contribution is 5.67. The van der Waals surface area contributed by atoms with E-state index in [2.05, 4.69) is 17.4 Å². The highest BCUT2D eigenvalue weighted by Gasteiger charge is 2.48. The molecule has 3 rings (SSSR count). The molecule has 0 unspecified atom stereocenters. The zero-order valence-electron chi connectivity index (χ0n) is 14.8. The van der Waals surface area contributed by atoms with E-state index < -0.39 is 24.5 Å². The summed E-state index contributed by atoms with van der Waals surface area (Å²) in [5, 5.41) is 13.6. The molecular formula is C19H27NO5. The molecule has 6 nitrogen and oxygen atoms in total. The minimum absolute atomic E-state index is 0.0442. The molecule has 6 heteroatoms. The monoisotopic (exact) mass is 349 g/mol. The second kappa shape index (κ2) is 8.17. The number of ether oxygens (including phenoxy) is 3. The standard InChI is InChI=1S/C19H27NO5/c1-3-24-19(22)20-16-17(21)14-11-13(12-7-5-4-6-8-12)9-10-15(14)25-18(16)23-2/h4-8,13-18,21H,3,9-11H2,1-2H3,(H,20,22)/t13-,14+,15+,16-,17+,18+/m0/s1. The molecule has 0 radical (unpaired) electrons. The van der Waals surface area contributed by atoms with Crippen LogP contribution in [0.2, 0.25) is 0 Å². The van der Waals surface area contributed by atoms with Crippen molar-refractivity contribution in [1.29, 1.82) is 0 Å². The molecule has 2 fully saturated rings. The fraction of sp³-hybridized carbons (Fsp3) is 0.632. The first-order chi connectivity index (χ1) is 12.1. The molecule has 1 heterocycles. The maximum atomic E-state index is 11.8. The van der Waals surface area contributed by atoms with Crippen molar-refractivity contribution < 1.29 is 24.1 Å². The van der Waals surface area contributed by atoms with Crippen LogP contribution in [0.1, 0.15) is 37.7 Å². The van der Waals surface area contributed by atoms with E-state index in [1.165, 1.54) is 12.7 Å². The number of carbonyl (C=O) groups is 1. The smallest absolute Gasteiger partial charge is 0.407 e. The molecule has 1 aromatic rings. The van der Waals surface area contributed by atoms with Gasteiger partial charge in [0.15, 0.2) is 6.29 Å². The number of nitrogens with one attached hydrogen (secondary N) is 1. The van der Waals surface area contributed by atoms with Gasteiger partial charge >= 0.3 is 6.09 Å². The molecule has 0 bridgehead atoms. The minimum atomic E-state index is -0.736. The molecule has 6 atom stereocenters. The largest absolute Gasteiger partial charge is 0.450 e. The van der Waals surface area contributed by atoms with E-state index >= 15 is 0 Å². The minimum Gasteiger partial charge on any atom is -0.450 e. The Morgan fingerprint density at radius 2 is 2.08 bits per heavy atom. The van der Waals surface area contributed by atoms with Crippen LogP contribution in [-0.2, 0) is 14.2 Å². The molecular weight excluding hydrogens is 322 g/mol. The molecule has 2 N–H and O–H groups in total. The van der Waals surface area contributed by atoms with Crippen molar-refractivity contribution >= 4 is 6.09 Å². The highest BCUT2D eigenvalue weighted by atomic mass is 16.7. The van der Waals surface area contributed by atoms with Gasteiger partial charge in [0.25, 0.3) is 0 Å². The van der Waals surface area contributed by atoms with Crippen LogP contribution < -0.4 is 5.32 Å². The SMILES string of the molecule is CCOC(=O)N[C@@H]1[C@H](OC)O[C@@H]2CC[C@H](c3ccccc3)C[C@H]2[C@H]1O. The molecule has 138 valence electrons. The molecule has 1 saturated heterocycles. The number of hydrogen-bond donors (Lipinski definition) is 2. The number of alkyl carbamates (subject to hydrolysis) is 1. The van der Waals surface area contributed by atoms with Crippen LogP contribution in [0.15, 0.2) is 30.3 Å². The summed E-state index contributed by atoms with van der Waals surface area (Å²) in [4.78, 5) is 11.8.